The maximum absolute atomic E-state index is 13.2. The number of amides is 2. The molecule has 0 unspecified atom stereocenters. The minimum Gasteiger partial charge on any atom is -0.404 e. The van der Waals surface area contributed by atoms with Crippen LogP contribution in [0.15, 0.2) is 94.0 Å². The van der Waals surface area contributed by atoms with Crippen LogP contribution < -0.4 is 15.0 Å². The highest BCUT2D eigenvalue weighted by Gasteiger charge is 2.33. The van der Waals surface area contributed by atoms with Crippen molar-refractivity contribution >= 4 is 62.1 Å². The maximum atomic E-state index is 13.2. The van der Waals surface area contributed by atoms with E-state index < -0.39 is 18.0 Å². The number of para-hydroxylation sites is 3. The van der Waals surface area contributed by atoms with Gasteiger partial charge < -0.3 is 10.1 Å². The number of nitrogens with zero attached hydrogens (tertiary/aromatic N) is 2. The first-order valence-electron chi connectivity index (χ1n) is 10.4. The molecule has 11 heteroatoms. The zero-order valence-corrected chi connectivity index (χ0v) is 20.7. The molecule has 0 fully saturated rings. The van der Waals surface area contributed by atoms with Crippen LogP contribution in [0.25, 0.3) is 6.08 Å². The van der Waals surface area contributed by atoms with Crippen molar-refractivity contribution in [2.45, 2.75) is 6.36 Å². The Morgan fingerprint density at radius 3 is 2.39 bits per heavy atom. The average molecular weight is 576 g/mol. The van der Waals surface area contributed by atoms with Crippen molar-refractivity contribution < 1.29 is 27.5 Å². The van der Waals surface area contributed by atoms with Gasteiger partial charge in [-0.05, 0) is 48.0 Å². The molecule has 0 saturated carbocycles. The molecule has 0 spiro atoms. The van der Waals surface area contributed by atoms with E-state index in [0.717, 1.165) is 27.9 Å². The number of halogens is 4. The molecule has 0 bridgehead atoms. The van der Waals surface area contributed by atoms with Crippen LogP contribution in [-0.4, -0.2) is 29.1 Å². The lowest BCUT2D eigenvalue weighted by Crippen LogP contribution is -2.31. The third-order valence-electron chi connectivity index (χ3n) is 4.74. The summed E-state index contributed by atoms with van der Waals surface area (Å²) in [5.41, 5.74) is 1.40. The van der Waals surface area contributed by atoms with Crippen molar-refractivity contribution in [2.75, 3.05) is 16.0 Å². The summed E-state index contributed by atoms with van der Waals surface area (Å²) in [5, 5.41) is 2.69. The number of benzene rings is 3. The predicted molar refractivity (Wildman–Crippen MR) is 138 cm³/mol. The summed E-state index contributed by atoms with van der Waals surface area (Å²) >= 11 is 4.35. The SMILES string of the molecule is O=C(CSC1=NC(=Cc2ccc(Br)cc2)C(=O)N1c1ccccc1)Nc1ccccc1OC(F)(F)F. The van der Waals surface area contributed by atoms with Gasteiger partial charge in [0.2, 0.25) is 5.91 Å². The number of carbonyl (C=O) groups excluding carboxylic acids is 2. The number of amidine groups is 1. The Labute approximate surface area is 217 Å². The van der Waals surface area contributed by atoms with Crippen molar-refractivity contribution in [1.29, 1.82) is 0 Å². The van der Waals surface area contributed by atoms with E-state index in [1.165, 1.54) is 23.1 Å². The lowest BCUT2D eigenvalue weighted by molar-refractivity contribution is -0.274. The first kappa shape index (κ1) is 25.5. The number of hydrogen-bond donors (Lipinski definition) is 1. The number of thioether (sulfide) groups is 1. The molecule has 6 nitrogen and oxygen atoms in total. The number of alkyl halides is 3. The van der Waals surface area contributed by atoms with Crippen molar-refractivity contribution in [3.05, 3.63) is 94.6 Å². The van der Waals surface area contributed by atoms with Crippen LogP contribution in [0, 0.1) is 0 Å². The summed E-state index contributed by atoms with van der Waals surface area (Å²) in [6.07, 6.45) is -3.26. The number of ether oxygens (including phenoxy) is 1. The van der Waals surface area contributed by atoms with E-state index in [1.807, 2.05) is 24.3 Å². The van der Waals surface area contributed by atoms with Crippen LogP contribution in [0.4, 0.5) is 24.5 Å². The van der Waals surface area contributed by atoms with Gasteiger partial charge in [0, 0.05) is 4.47 Å². The minimum absolute atomic E-state index is 0.124. The Morgan fingerprint density at radius 2 is 1.69 bits per heavy atom. The monoisotopic (exact) mass is 575 g/mol. The summed E-state index contributed by atoms with van der Waals surface area (Å²) in [6, 6.07) is 21.4. The van der Waals surface area contributed by atoms with Crippen LogP contribution in [0.2, 0.25) is 0 Å². The fraction of sp³-hybridized carbons (Fsp3) is 0.0800. The van der Waals surface area contributed by atoms with Gasteiger partial charge in [-0.3, -0.25) is 14.5 Å². The van der Waals surface area contributed by atoms with Crippen LogP contribution in [0.3, 0.4) is 0 Å². The van der Waals surface area contributed by atoms with Crippen LogP contribution in [0.5, 0.6) is 5.75 Å². The average Bonchev–Trinajstić information content (AvgIpc) is 3.15. The molecule has 3 aromatic carbocycles. The van der Waals surface area contributed by atoms with Crippen molar-refractivity contribution in [3.63, 3.8) is 0 Å². The minimum atomic E-state index is -4.90. The van der Waals surface area contributed by atoms with E-state index in [-0.39, 0.29) is 28.2 Å². The van der Waals surface area contributed by atoms with Gasteiger partial charge in [0.05, 0.1) is 17.1 Å². The van der Waals surface area contributed by atoms with Gasteiger partial charge in [-0.15, -0.1) is 13.2 Å². The summed E-state index contributed by atoms with van der Waals surface area (Å²) in [4.78, 5) is 31.6. The van der Waals surface area contributed by atoms with Crippen molar-refractivity contribution in [1.82, 2.24) is 0 Å². The standard InChI is InChI=1S/C25H17BrF3N3O3S/c26-17-12-10-16(11-13-17)14-20-23(34)32(18-6-2-1-3-7-18)24(31-20)36-15-22(33)30-19-8-4-5-9-21(19)35-25(27,28)29/h1-14H,15H2,(H,30,33). The Hall–Kier alpha value is -3.57. The third kappa shape index (κ3) is 6.55. The van der Waals surface area contributed by atoms with Crippen LogP contribution in [0.1, 0.15) is 5.56 Å². The predicted octanol–water partition coefficient (Wildman–Crippen LogP) is 6.46. The second kappa shape index (κ2) is 11.0. The summed E-state index contributed by atoms with van der Waals surface area (Å²) in [6.45, 7) is 0. The van der Waals surface area contributed by atoms with Crippen LogP contribution >= 0.6 is 27.7 Å². The quantitative estimate of drug-likeness (QED) is 0.342. The number of nitrogens with one attached hydrogen (secondary N) is 1. The highest BCUT2D eigenvalue weighted by molar-refractivity contribution is 9.10. The molecule has 1 heterocycles. The van der Waals surface area contributed by atoms with Gasteiger partial charge >= 0.3 is 6.36 Å². The molecule has 184 valence electrons. The molecule has 2 amide bonds. The number of aliphatic imine (C=N–C) groups is 1. The van der Waals surface area contributed by atoms with Gasteiger partial charge in [0.15, 0.2) is 10.9 Å². The van der Waals surface area contributed by atoms with E-state index in [2.05, 4.69) is 31.0 Å². The lowest BCUT2D eigenvalue weighted by Gasteiger charge is -2.18. The first-order valence-corrected chi connectivity index (χ1v) is 12.2. The van der Waals surface area contributed by atoms with Gasteiger partial charge in [-0.2, -0.15) is 0 Å². The van der Waals surface area contributed by atoms with Crippen LogP contribution in [-0.2, 0) is 9.59 Å². The molecule has 0 saturated heterocycles. The molecular weight excluding hydrogens is 559 g/mol. The molecule has 1 aliphatic heterocycles. The number of anilines is 2. The Morgan fingerprint density at radius 1 is 1.03 bits per heavy atom. The Kier molecular flexibility index (Phi) is 7.80. The number of hydrogen-bond acceptors (Lipinski definition) is 5. The molecule has 0 radical (unpaired) electrons. The highest BCUT2D eigenvalue weighted by Crippen LogP contribution is 2.32. The molecule has 1 aliphatic rings. The zero-order valence-electron chi connectivity index (χ0n) is 18.3. The second-order valence-corrected chi connectivity index (χ2v) is 9.19. The zero-order chi connectivity index (χ0) is 25.7. The summed E-state index contributed by atoms with van der Waals surface area (Å²) < 4.78 is 42.9. The van der Waals surface area contributed by atoms with Gasteiger partial charge in [-0.25, -0.2) is 4.99 Å². The third-order valence-corrected chi connectivity index (χ3v) is 6.20. The maximum Gasteiger partial charge on any atom is 0.573 e. The smallest absolute Gasteiger partial charge is 0.404 e. The van der Waals surface area contributed by atoms with Crippen molar-refractivity contribution in [3.8, 4) is 5.75 Å². The van der Waals surface area contributed by atoms with Gasteiger partial charge in [-0.1, -0.05) is 70.2 Å². The molecule has 1 N–H and O–H groups in total. The van der Waals surface area contributed by atoms with Gasteiger partial charge in [0.1, 0.15) is 5.70 Å². The largest absolute Gasteiger partial charge is 0.573 e. The molecule has 4 rings (SSSR count). The fourth-order valence-corrected chi connectivity index (χ4v) is 4.29. The molecule has 36 heavy (non-hydrogen) atoms. The summed E-state index contributed by atoms with van der Waals surface area (Å²) in [5.74, 6) is -1.69. The first-order chi connectivity index (χ1) is 17.2. The number of carbonyl (C=O) groups is 2. The molecular formula is C25H17BrF3N3O3S. The van der Waals surface area contributed by atoms with E-state index in [0.29, 0.717) is 5.69 Å². The van der Waals surface area contributed by atoms with E-state index >= 15 is 0 Å². The summed E-state index contributed by atoms with van der Waals surface area (Å²) in [7, 11) is 0. The van der Waals surface area contributed by atoms with E-state index in [1.54, 1.807) is 36.4 Å². The topological polar surface area (TPSA) is 71.0 Å². The molecule has 3 aromatic rings. The van der Waals surface area contributed by atoms with E-state index in [4.69, 9.17) is 0 Å². The Bertz CT molecular complexity index is 1330. The molecule has 0 aromatic heterocycles. The highest BCUT2D eigenvalue weighted by atomic mass is 79.9. The van der Waals surface area contributed by atoms with Crippen molar-refractivity contribution in [2.24, 2.45) is 4.99 Å². The molecule has 0 atom stereocenters. The second-order valence-electron chi connectivity index (χ2n) is 7.33. The molecule has 0 aliphatic carbocycles. The van der Waals surface area contributed by atoms with Gasteiger partial charge in [0.25, 0.3) is 5.91 Å². The normalized spacial score (nSPS) is 14.7. The fourth-order valence-electron chi connectivity index (χ4n) is 3.21. The number of rotatable bonds is 6. The lowest BCUT2D eigenvalue weighted by atomic mass is 10.2. The van der Waals surface area contributed by atoms with E-state index in [9.17, 15) is 22.8 Å². The Balaban J connectivity index is 1.53.